The van der Waals surface area contributed by atoms with Gasteiger partial charge in [-0.25, -0.2) is 4.79 Å². The number of nitrogens with two attached hydrogens (primary N) is 1. The number of carbonyl (C=O) groups excluding carboxylic acids is 1. The number of hydrogen-bond donors (Lipinski definition) is 2. The Morgan fingerprint density at radius 3 is 2.60 bits per heavy atom. The second-order valence-corrected chi connectivity index (χ2v) is 5.52. The van der Waals surface area contributed by atoms with Crippen molar-refractivity contribution in [2.24, 2.45) is 5.73 Å². The summed E-state index contributed by atoms with van der Waals surface area (Å²) in [5.41, 5.74) is 4.87. The van der Waals surface area contributed by atoms with Gasteiger partial charge in [0.1, 0.15) is 0 Å². The monoisotopic (exact) mass is 159 g/mol. The summed E-state index contributed by atoms with van der Waals surface area (Å²) in [6, 6.07) is 0.825. The quantitative estimate of drug-likeness (QED) is 0.462. The molecule has 0 bridgehead atoms. The van der Waals surface area contributed by atoms with Crippen molar-refractivity contribution in [2.45, 2.75) is 25.6 Å². The SMILES string of the molecule is C[Si](C)CCCNC(N)=O. The van der Waals surface area contributed by atoms with Crippen LogP contribution in [-0.4, -0.2) is 21.4 Å². The maximum absolute atomic E-state index is 10.2. The first kappa shape index (κ1) is 9.49. The van der Waals surface area contributed by atoms with Crippen molar-refractivity contribution in [3.63, 3.8) is 0 Å². The molecule has 0 aliphatic rings. The van der Waals surface area contributed by atoms with Gasteiger partial charge in [-0.15, -0.1) is 0 Å². The minimum absolute atomic E-state index is 0.125. The van der Waals surface area contributed by atoms with E-state index in [0.29, 0.717) is 0 Å². The zero-order chi connectivity index (χ0) is 7.98. The number of carbonyl (C=O) groups is 1. The average molecular weight is 159 g/mol. The van der Waals surface area contributed by atoms with Gasteiger partial charge in [-0.05, 0) is 6.42 Å². The third kappa shape index (κ3) is 7.49. The fraction of sp³-hybridized carbons (Fsp3) is 0.833. The van der Waals surface area contributed by atoms with Crippen molar-refractivity contribution in [1.29, 1.82) is 0 Å². The summed E-state index contributed by atoms with van der Waals surface area (Å²) in [4.78, 5) is 10.2. The number of primary amides is 1. The van der Waals surface area contributed by atoms with E-state index < -0.39 is 6.03 Å². The van der Waals surface area contributed by atoms with Gasteiger partial charge in [0.15, 0.2) is 0 Å². The molecule has 0 aromatic heterocycles. The molecule has 59 valence electrons. The Kier molecular flexibility index (Phi) is 5.01. The fourth-order valence-electron chi connectivity index (χ4n) is 0.654. The molecule has 0 rings (SSSR count). The number of amides is 2. The number of urea groups is 1. The van der Waals surface area contributed by atoms with E-state index in [1.54, 1.807) is 0 Å². The predicted octanol–water partition coefficient (Wildman–Crippen LogP) is 0.799. The van der Waals surface area contributed by atoms with Crippen LogP contribution in [0, 0.1) is 0 Å². The van der Waals surface area contributed by atoms with E-state index in [-0.39, 0.29) is 8.80 Å². The van der Waals surface area contributed by atoms with Gasteiger partial charge in [-0.3, -0.25) is 0 Å². The van der Waals surface area contributed by atoms with Crippen molar-refractivity contribution in [2.75, 3.05) is 6.54 Å². The average Bonchev–Trinajstić information content (AvgIpc) is 1.79. The molecule has 0 saturated heterocycles. The third-order valence-electron chi connectivity index (χ3n) is 1.15. The molecule has 0 heterocycles. The lowest BCUT2D eigenvalue weighted by atomic mass is 10.5. The molecule has 3 N–H and O–H groups in total. The van der Waals surface area contributed by atoms with Gasteiger partial charge >= 0.3 is 6.03 Å². The molecule has 0 aliphatic carbocycles. The zero-order valence-corrected chi connectivity index (χ0v) is 7.61. The van der Waals surface area contributed by atoms with E-state index in [0.717, 1.165) is 13.0 Å². The Morgan fingerprint density at radius 2 is 2.20 bits per heavy atom. The highest BCUT2D eigenvalue weighted by atomic mass is 28.3. The minimum atomic E-state index is -0.416. The highest BCUT2D eigenvalue weighted by Crippen LogP contribution is 1.94. The molecule has 0 saturated carbocycles. The molecule has 0 aliphatic heterocycles. The number of rotatable bonds is 4. The Labute approximate surface area is 63.6 Å². The lowest BCUT2D eigenvalue weighted by Crippen LogP contribution is -2.30. The highest BCUT2D eigenvalue weighted by Gasteiger charge is 1.95. The summed E-state index contributed by atoms with van der Waals surface area (Å²) in [6.45, 7) is 5.25. The fourth-order valence-corrected chi connectivity index (χ4v) is 1.54. The van der Waals surface area contributed by atoms with Gasteiger partial charge in [0.25, 0.3) is 0 Å². The molecule has 1 radical (unpaired) electrons. The van der Waals surface area contributed by atoms with Crippen LogP contribution in [0.2, 0.25) is 19.1 Å². The lowest BCUT2D eigenvalue weighted by molar-refractivity contribution is 0.249. The Bertz CT molecular complexity index is 106. The maximum Gasteiger partial charge on any atom is 0.312 e. The van der Waals surface area contributed by atoms with Crippen LogP contribution in [0.15, 0.2) is 0 Å². The van der Waals surface area contributed by atoms with Crippen molar-refractivity contribution in [1.82, 2.24) is 5.32 Å². The number of hydrogen-bond acceptors (Lipinski definition) is 1. The summed E-state index contributed by atoms with van der Waals surface area (Å²) >= 11 is 0. The van der Waals surface area contributed by atoms with Gasteiger partial charge in [0.05, 0.1) is 0 Å². The standard InChI is InChI=1S/C6H15N2OSi/c1-10(2)5-3-4-8-6(7)9/h3-5H2,1-2H3,(H3,7,8,9). The van der Waals surface area contributed by atoms with Crippen LogP contribution < -0.4 is 11.1 Å². The minimum Gasteiger partial charge on any atom is -0.352 e. The Hall–Kier alpha value is -0.513. The van der Waals surface area contributed by atoms with Crippen molar-refractivity contribution in [3.8, 4) is 0 Å². The zero-order valence-electron chi connectivity index (χ0n) is 6.61. The predicted molar refractivity (Wildman–Crippen MR) is 44.5 cm³/mol. The molecule has 0 fully saturated rings. The molecule has 0 atom stereocenters. The van der Waals surface area contributed by atoms with Crippen LogP contribution in [-0.2, 0) is 0 Å². The molecular formula is C6H15N2OSi. The molecule has 0 unspecified atom stereocenters. The first-order valence-electron chi connectivity index (χ1n) is 3.45. The van der Waals surface area contributed by atoms with Crippen molar-refractivity contribution < 1.29 is 4.79 Å². The molecule has 2 amide bonds. The third-order valence-corrected chi connectivity index (χ3v) is 2.51. The Morgan fingerprint density at radius 1 is 1.60 bits per heavy atom. The van der Waals surface area contributed by atoms with Crippen LogP contribution in [0.1, 0.15) is 6.42 Å². The molecule has 0 spiro atoms. The van der Waals surface area contributed by atoms with Gasteiger partial charge < -0.3 is 11.1 Å². The summed E-state index contributed by atoms with van der Waals surface area (Å²) in [5.74, 6) is 0. The summed E-state index contributed by atoms with van der Waals surface area (Å²) in [6.07, 6.45) is 1.06. The van der Waals surface area contributed by atoms with Crippen LogP contribution >= 0.6 is 0 Å². The van der Waals surface area contributed by atoms with E-state index in [4.69, 9.17) is 5.73 Å². The van der Waals surface area contributed by atoms with Gasteiger partial charge in [0, 0.05) is 15.3 Å². The maximum atomic E-state index is 10.2. The molecular weight excluding hydrogens is 144 g/mol. The van der Waals surface area contributed by atoms with Crippen LogP contribution in [0.5, 0.6) is 0 Å². The Balaban J connectivity index is 2.98. The summed E-state index contributed by atoms with van der Waals surface area (Å²) < 4.78 is 0. The van der Waals surface area contributed by atoms with E-state index in [1.807, 2.05) is 0 Å². The normalized spacial score (nSPS) is 9.90. The van der Waals surface area contributed by atoms with Crippen LogP contribution in [0.25, 0.3) is 0 Å². The molecule has 0 aromatic carbocycles. The van der Waals surface area contributed by atoms with Gasteiger partial charge in [-0.2, -0.15) is 0 Å². The van der Waals surface area contributed by atoms with Gasteiger partial charge in [-0.1, -0.05) is 19.1 Å². The van der Waals surface area contributed by atoms with Crippen molar-refractivity contribution in [3.05, 3.63) is 0 Å². The number of nitrogens with one attached hydrogen (secondary N) is 1. The summed E-state index contributed by atoms with van der Waals surface area (Å²) in [7, 11) is -0.125. The smallest absolute Gasteiger partial charge is 0.312 e. The molecule has 3 nitrogen and oxygen atoms in total. The first-order chi connectivity index (χ1) is 4.63. The van der Waals surface area contributed by atoms with E-state index in [9.17, 15) is 4.79 Å². The lowest BCUT2D eigenvalue weighted by Gasteiger charge is -2.02. The van der Waals surface area contributed by atoms with Crippen molar-refractivity contribution >= 4 is 14.8 Å². The van der Waals surface area contributed by atoms with Crippen LogP contribution in [0.4, 0.5) is 4.79 Å². The second-order valence-electron chi connectivity index (χ2n) is 2.60. The van der Waals surface area contributed by atoms with Crippen LogP contribution in [0.3, 0.4) is 0 Å². The highest BCUT2D eigenvalue weighted by molar-refractivity contribution is 6.55. The van der Waals surface area contributed by atoms with E-state index >= 15 is 0 Å². The molecule has 4 heteroatoms. The van der Waals surface area contributed by atoms with Gasteiger partial charge in [0.2, 0.25) is 0 Å². The topological polar surface area (TPSA) is 55.1 Å². The second kappa shape index (κ2) is 5.29. The van der Waals surface area contributed by atoms with E-state index in [2.05, 4.69) is 18.4 Å². The summed E-state index contributed by atoms with van der Waals surface area (Å²) in [5, 5.41) is 2.56. The largest absolute Gasteiger partial charge is 0.352 e. The molecule has 0 aromatic rings. The van der Waals surface area contributed by atoms with E-state index in [1.165, 1.54) is 6.04 Å². The first-order valence-corrected chi connectivity index (χ1v) is 6.16. The molecule has 10 heavy (non-hydrogen) atoms.